The summed E-state index contributed by atoms with van der Waals surface area (Å²) < 4.78 is 0. The predicted molar refractivity (Wildman–Crippen MR) is 163 cm³/mol. The number of hydrogen-bond donors (Lipinski definition) is 2. The largest absolute Gasteiger partial charge is 0.358 e. The number of aryl methyl sites for hydroxylation is 2. The average molecular weight is 523 g/mol. The minimum atomic E-state index is -0.0542. The van der Waals surface area contributed by atoms with E-state index in [9.17, 15) is 4.79 Å². The summed E-state index contributed by atoms with van der Waals surface area (Å²) in [6.07, 6.45) is 12.2. The number of pyridine rings is 1. The van der Waals surface area contributed by atoms with Crippen LogP contribution < -0.4 is 5.32 Å². The molecule has 0 saturated carbocycles. The summed E-state index contributed by atoms with van der Waals surface area (Å²) in [5, 5.41) is 4.31. The quantitative estimate of drug-likeness (QED) is 0.140. The van der Waals surface area contributed by atoms with Gasteiger partial charge in [-0.15, -0.1) is 0 Å². The molecule has 0 fully saturated rings. The molecule has 4 aromatic rings. The molecule has 0 aliphatic rings. The lowest BCUT2D eigenvalue weighted by molar-refractivity contribution is -0.116. The minimum absolute atomic E-state index is 0.0542. The number of nitrogens with one attached hydrogen (secondary N) is 2. The Morgan fingerprint density at radius 2 is 1.77 bits per heavy atom. The van der Waals surface area contributed by atoms with Gasteiger partial charge in [-0.3, -0.25) is 14.7 Å². The van der Waals surface area contributed by atoms with Crippen molar-refractivity contribution in [2.75, 3.05) is 13.1 Å². The van der Waals surface area contributed by atoms with Gasteiger partial charge in [-0.25, -0.2) is 0 Å². The second-order valence-corrected chi connectivity index (χ2v) is 10.6. The number of unbranched alkanes of at least 4 members (excludes halogenated alkanes) is 2. The maximum atomic E-state index is 12.0. The van der Waals surface area contributed by atoms with E-state index in [0.717, 1.165) is 50.8 Å². The molecule has 0 spiro atoms. The van der Waals surface area contributed by atoms with Crippen LogP contribution in [0.5, 0.6) is 0 Å². The van der Waals surface area contributed by atoms with Gasteiger partial charge in [0.05, 0.1) is 0 Å². The standard InChI is InChI=1S/C34H42N4O/c1-26(2)38(23-20-31-27(3)37-33-13-7-6-12-32(31)33)25-30-16-14-28(15-17-30)10-5-4-8-22-36-34(39)19-18-29-11-9-21-35-24-29/h6-7,9,11-19,21,24,26,37H,4-5,8,10,20,22-23,25H2,1-3H3,(H,36,39)/b19-18+. The number of carbonyl (C=O) groups is 1. The van der Waals surface area contributed by atoms with Crippen LogP contribution in [0.1, 0.15) is 61.1 Å². The zero-order valence-electron chi connectivity index (χ0n) is 23.6. The highest BCUT2D eigenvalue weighted by Gasteiger charge is 2.14. The Labute approximate surface area is 233 Å². The number of hydrogen-bond acceptors (Lipinski definition) is 3. The van der Waals surface area contributed by atoms with E-state index in [-0.39, 0.29) is 5.91 Å². The van der Waals surface area contributed by atoms with Gasteiger partial charge < -0.3 is 10.3 Å². The van der Waals surface area contributed by atoms with Gasteiger partial charge in [0.15, 0.2) is 0 Å². The van der Waals surface area contributed by atoms with E-state index >= 15 is 0 Å². The van der Waals surface area contributed by atoms with Crippen LogP contribution in [0.4, 0.5) is 0 Å². The van der Waals surface area contributed by atoms with Gasteiger partial charge in [0.1, 0.15) is 0 Å². The fraction of sp³-hybridized carbons (Fsp3) is 0.353. The van der Waals surface area contributed by atoms with Crippen LogP contribution in [-0.4, -0.2) is 39.9 Å². The van der Waals surface area contributed by atoms with E-state index in [2.05, 4.69) is 89.5 Å². The molecule has 4 rings (SSSR count). The first-order chi connectivity index (χ1) is 19.0. The number of carbonyl (C=O) groups excluding carboxylic acids is 1. The Hall–Kier alpha value is -3.70. The normalized spacial score (nSPS) is 11.7. The molecule has 2 aromatic carbocycles. The Morgan fingerprint density at radius 3 is 2.54 bits per heavy atom. The van der Waals surface area contributed by atoms with Crippen molar-refractivity contribution in [3.8, 4) is 0 Å². The molecular weight excluding hydrogens is 480 g/mol. The van der Waals surface area contributed by atoms with Crippen LogP contribution in [0.25, 0.3) is 17.0 Å². The lowest BCUT2D eigenvalue weighted by Crippen LogP contribution is -2.32. The summed E-state index contributed by atoms with van der Waals surface area (Å²) >= 11 is 0. The lowest BCUT2D eigenvalue weighted by Gasteiger charge is -2.26. The fourth-order valence-electron chi connectivity index (χ4n) is 5.03. The second kappa shape index (κ2) is 14.5. The molecule has 1 amide bonds. The molecular formula is C34H42N4O. The van der Waals surface area contributed by atoms with Crippen molar-refractivity contribution in [1.29, 1.82) is 0 Å². The molecule has 0 radical (unpaired) electrons. The molecule has 2 heterocycles. The number of nitrogens with zero attached hydrogens (tertiary/aromatic N) is 2. The third kappa shape index (κ3) is 8.66. The van der Waals surface area contributed by atoms with Crippen molar-refractivity contribution >= 4 is 22.9 Å². The van der Waals surface area contributed by atoms with E-state index in [4.69, 9.17) is 0 Å². The summed E-state index contributed by atoms with van der Waals surface area (Å²) in [6.45, 7) is 9.47. The zero-order valence-corrected chi connectivity index (χ0v) is 23.6. The molecule has 5 heteroatoms. The second-order valence-electron chi connectivity index (χ2n) is 10.6. The van der Waals surface area contributed by atoms with Gasteiger partial charge >= 0.3 is 0 Å². The molecule has 0 saturated heterocycles. The lowest BCUT2D eigenvalue weighted by atomic mass is 10.0. The third-order valence-electron chi connectivity index (χ3n) is 7.37. The van der Waals surface area contributed by atoms with Crippen LogP contribution in [0.3, 0.4) is 0 Å². The van der Waals surface area contributed by atoms with Crippen molar-refractivity contribution in [3.05, 3.63) is 107 Å². The number of benzene rings is 2. The Kier molecular flexibility index (Phi) is 10.5. The average Bonchev–Trinajstić information content (AvgIpc) is 3.27. The Balaban J connectivity index is 1.16. The van der Waals surface area contributed by atoms with E-state index in [1.54, 1.807) is 24.5 Å². The minimum Gasteiger partial charge on any atom is -0.358 e. The fourth-order valence-corrected chi connectivity index (χ4v) is 5.03. The number of amides is 1. The summed E-state index contributed by atoms with van der Waals surface area (Å²) in [5.41, 5.74) is 7.63. The molecule has 2 N–H and O–H groups in total. The van der Waals surface area contributed by atoms with E-state index in [1.165, 1.54) is 33.3 Å². The Bertz CT molecular complexity index is 1340. The highest BCUT2D eigenvalue weighted by atomic mass is 16.1. The first kappa shape index (κ1) is 28.3. The van der Waals surface area contributed by atoms with Gasteiger partial charge in [-0.2, -0.15) is 0 Å². The molecule has 0 atom stereocenters. The summed E-state index contributed by atoms with van der Waals surface area (Å²) in [4.78, 5) is 22.1. The maximum Gasteiger partial charge on any atom is 0.243 e. The zero-order chi connectivity index (χ0) is 27.5. The van der Waals surface area contributed by atoms with Crippen molar-refractivity contribution in [1.82, 2.24) is 20.2 Å². The smallest absolute Gasteiger partial charge is 0.243 e. The van der Waals surface area contributed by atoms with Crippen LogP contribution in [0, 0.1) is 6.92 Å². The number of aromatic amines is 1. The van der Waals surface area contributed by atoms with Crippen molar-refractivity contribution in [3.63, 3.8) is 0 Å². The number of fused-ring (bicyclic) bond motifs is 1. The van der Waals surface area contributed by atoms with Crippen molar-refractivity contribution < 1.29 is 4.79 Å². The van der Waals surface area contributed by atoms with E-state index in [0.29, 0.717) is 12.6 Å². The number of aromatic nitrogens is 2. The number of rotatable bonds is 14. The summed E-state index contributed by atoms with van der Waals surface area (Å²) in [7, 11) is 0. The van der Waals surface area contributed by atoms with Crippen LogP contribution in [0.2, 0.25) is 0 Å². The van der Waals surface area contributed by atoms with Gasteiger partial charge in [-0.05, 0) is 86.9 Å². The van der Waals surface area contributed by atoms with E-state index in [1.807, 2.05) is 12.1 Å². The van der Waals surface area contributed by atoms with Crippen LogP contribution in [0.15, 0.2) is 79.1 Å². The summed E-state index contributed by atoms with van der Waals surface area (Å²) in [6, 6.07) is 22.0. The molecule has 0 aliphatic carbocycles. The molecule has 5 nitrogen and oxygen atoms in total. The SMILES string of the molecule is Cc1[nH]c2ccccc2c1CCN(Cc1ccc(CCCCCNC(=O)/C=C/c2cccnc2)cc1)C(C)C. The summed E-state index contributed by atoms with van der Waals surface area (Å²) in [5.74, 6) is -0.0542. The monoisotopic (exact) mass is 522 g/mol. The number of para-hydroxylation sites is 1. The number of H-pyrrole nitrogens is 1. The first-order valence-electron chi connectivity index (χ1n) is 14.2. The highest BCUT2D eigenvalue weighted by molar-refractivity contribution is 5.91. The van der Waals surface area contributed by atoms with E-state index < -0.39 is 0 Å². The molecule has 2 aromatic heterocycles. The predicted octanol–water partition coefficient (Wildman–Crippen LogP) is 6.87. The van der Waals surface area contributed by atoms with Gasteiger partial charge in [0.2, 0.25) is 5.91 Å². The van der Waals surface area contributed by atoms with Gasteiger partial charge in [-0.1, -0.05) is 55.0 Å². The third-order valence-corrected chi connectivity index (χ3v) is 7.37. The maximum absolute atomic E-state index is 12.0. The van der Waals surface area contributed by atoms with Crippen LogP contribution >= 0.6 is 0 Å². The van der Waals surface area contributed by atoms with Crippen molar-refractivity contribution in [2.24, 2.45) is 0 Å². The highest BCUT2D eigenvalue weighted by Crippen LogP contribution is 2.23. The van der Waals surface area contributed by atoms with Gasteiger partial charge in [0, 0.05) is 60.7 Å². The Morgan fingerprint density at radius 1 is 0.974 bits per heavy atom. The molecule has 0 bridgehead atoms. The van der Waals surface area contributed by atoms with Crippen molar-refractivity contribution in [2.45, 2.75) is 65.5 Å². The first-order valence-corrected chi connectivity index (χ1v) is 14.2. The van der Waals surface area contributed by atoms with Gasteiger partial charge in [0.25, 0.3) is 0 Å². The molecule has 204 valence electrons. The van der Waals surface area contributed by atoms with Crippen LogP contribution in [-0.2, 0) is 24.2 Å². The molecule has 39 heavy (non-hydrogen) atoms. The molecule has 0 unspecified atom stereocenters. The topological polar surface area (TPSA) is 61.0 Å². The molecule has 0 aliphatic heterocycles.